The molecule has 1 heterocycles. The first-order chi connectivity index (χ1) is 26.3. The van der Waals surface area contributed by atoms with E-state index in [2.05, 4.69) is 31.9 Å². The second-order valence-electron chi connectivity index (χ2n) is 13.5. The Morgan fingerprint density at radius 2 is 1.35 bits per heavy atom. The third-order valence-corrected chi connectivity index (χ3v) is 8.36. The number of amides is 8. The number of nitrogens with one attached hydrogen (secondary N) is 6. The Hall–Kier alpha value is -5.55. The first-order valence-electron chi connectivity index (χ1n) is 17.9. The maximum atomic E-state index is 13.1. The van der Waals surface area contributed by atoms with Gasteiger partial charge in [-0.2, -0.15) is 13.2 Å². The van der Waals surface area contributed by atoms with E-state index in [0.29, 0.717) is 25.8 Å². The van der Waals surface area contributed by atoms with Crippen molar-refractivity contribution in [3.05, 3.63) is 0 Å². The van der Waals surface area contributed by atoms with Gasteiger partial charge in [-0.25, -0.2) is 9.59 Å². The maximum Gasteiger partial charge on any atom is 0.490 e. The van der Waals surface area contributed by atoms with Gasteiger partial charge in [0.05, 0.1) is 19.6 Å². The molecule has 1 rings (SSSR count). The minimum absolute atomic E-state index is 0.00720. The summed E-state index contributed by atoms with van der Waals surface area (Å²) >= 11 is 0. The number of hydrogen-bond donors (Lipinski definition) is 10. The summed E-state index contributed by atoms with van der Waals surface area (Å²) in [5, 5.41) is 31.0. The molecule has 6 atom stereocenters. The van der Waals surface area contributed by atoms with Gasteiger partial charge in [-0.3, -0.25) is 38.4 Å². The number of carboxylic acid groups (broad SMARTS) is 2. The van der Waals surface area contributed by atoms with E-state index in [0.717, 1.165) is 0 Å². The van der Waals surface area contributed by atoms with Crippen LogP contribution in [0.1, 0.15) is 73.1 Å². The second-order valence-corrected chi connectivity index (χ2v) is 13.5. The number of likely N-dealkylation sites (tertiary alicyclic amines) is 1. The highest BCUT2D eigenvalue weighted by Gasteiger charge is 2.38. The van der Waals surface area contributed by atoms with E-state index in [1.807, 2.05) is 13.8 Å². The number of nitrogens with two attached hydrogens (primary N) is 2. The zero-order valence-corrected chi connectivity index (χ0v) is 32.3. The first kappa shape index (κ1) is 51.5. The first-order valence-corrected chi connectivity index (χ1v) is 17.9. The quantitative estimate of drug-likeness (QED) is 0.0560. The van der Waals surface area contributed by atoms with Crippen molar-refractivity contribution in [1.82, 2.24) is 36.8 Å². The summed E-state index contributed by atoms with van der Waals surface area (Å²) < 4.78 is 31.7. The van der Waals surface area contributed by atoms with Crippen molar-refractivity contribution >= 4 is 59.2 Å². The molecule has 1 fully saturated rings. The topological polar surface area (TPSA) is 339 Å². The van der Waals surface area contributed by atoms with Crippen molar-refractivity contribution in [3.8, 4) is 0 Å². The zero-order valence-electron chi connectivity index (χ0n) is 32.3. The Balaban J connectivity index is 0.00000407. The van der Waals surface area contributed by atoms with Crippen LogP contribution >= 0.6 is 0 Å². The SMILES string of the molecule is CCC(C)C(NC(=O)CNC(=O)C(CC(C)C)NC(=O)C1CCCN1C(=O)CN)C(=O)NC(C)C(=O)NCC(=O)NC(CCC(N)=O)C(=O)O.O=C(O)C(F)(F)F. The molecule has 0 radical (unpaired) electrons. The number of carbonyl (C=O) groups excluding carboxylic acids is 8. The van der Waals surface area contributed by atoms with Crippen molar-refractivity contribution in [1.29, 1.82) is 0 Å². The molecule has 12 N–H and O–H groups in total. The average molecular weight is 826 g/mol. The van der Waals surface area contributed by atoms with Crippen LogP contribution in [0.3, 0.4) is 0 Å². The van der Waals surface area contributed by atoms with Gasteiger partial charge in [0, 0.05) is 13.0 Å². The minimum Gasteiger partial charge on any atom is -0.480 e. The van der Waals surface area contributed by atoms with Crippen molar-refractivity contribution < 1.29 is 71.3 Å². The van der Waals surface area contributed by atoms with Crippen LogP contribution in [0.5, 0.6) is 0 Å². The number of aliphatic carboxylic acids is 2. The van der Waals surface area contributed by atoms with Gasteiger partial charge in [0.15, 0.2) is 0 Å². The number of alkyl halides is 3. The summed E-state index contributed by atoms with van der Waals surface area (Å²) in [6.45, 7) is 7.54. The molecule has 0 bridgehead atoms. The molecular weight excluding hydrogens is 771 g/mol. The van der Waals surface area contributed by atoms with Crippen LogP contribution in [0.4, 0.5) is 13.2 Å². The average Bonchev–Trinajstić information content (AvgIpc) is 3.62. The fraction of sp³-hybridized carbons (Fsp3) is 0.697. The minimum atomic E-state index is -5.08. The van der Waals surface area contributed by atoms with E-state index in [4.69, 9.17) is 21.4 Å². The van der Waals surface area contributed by atoms with Crippen LogP contribution in [0.25, 0.3) is 0 Å². The Bertz CT molecular complexity index is 1460. The van der Waals surface area contributed by atoms with Gasteiger partial charge in [0.1, 0.15) is 30.2 Å². The molecule has 6 unspecified atom stereocenters. The highest BCUT2D eigenvalue weighted by Crippen LogP contribution is 2.18. The van der Waals surface area contributed by atoms with Gasteiger partial charge in [-0.1, -0.05) is 34.1 Å². The van der Waals surface area contributed by atoms with Crippen molar-refractivity contribution in [2.24, 2.45) is 23.3 Å². The van der Waals surface area contributed by atoms with Gasteiger partial charge >= 0.3 is 18.1 Å². The molecule has 324 valence electrons. The second kappa shape index (κ2) is 24.9. The highest BCUT2D eigenvalue weighted by molar-refractivity contribution is 5.96. The van der Waals surface area contributed by atoms with Crippen LogP contribution in [-0.4, -0.2) is 137 Å². The molecule has 0 aliphatic carbocycles. The van der Waals surface area contributed by atoms with Crippen LogP contribution in [0.15, 0.2) is 0 Å². The normalized spacial score (nSPS) is 16.2. The van der Waals surface area contributed by atoms with E-state index in [1.165, 1.54) is 11.8 Å². The lowest BCUT2D eigenvalue weighted by molar-refractivity contribution is -0.192. The molecule has 1 saturated heterocycles. The summed E-state index contributed by atoms with van der Waals surface area (Å²) in [6, 6.07) is -5.42. The van der Waals surface area contributed by atoms with Gasteiger partial charge in [-0.15, -0.1) is 0 Å². The summed E-state index contributed by atoms with van der Waals surface area (Å²) in [4.78, 5) is 122. The molecule has 1 aliphatic rings. The van der Waals surface area contributed by atoms with Crippen LogP contribution in [0.2, 0.25) is 0 Å². The standard InChI is InChI=1S/C31H53N9O10.C2HF3O2/c1-6-17(4)26(30(48)36-18(5)27(45)34-14-23(42)37-19(31(49)50)9-10-22(33)41)39-24(43)15-35-28(46)20(12-16(2)3)38-29(47)21-8-7-11-40(21)25(44)13-32;3-2(4,5)1(6)7/h16-21,26H,6-15,32H2,1-5H3,(H2,33,41)(H,34,45)(H,35,46)(H,36,48)(H,37,42)(H,38,47)(H,39,43)(H,49,50);(H,6,7). The van der Waals surface area contributed by atoms with Crippen LogP contribution < -0.4 is 43.4 Å². The number of carbonyl (C=O) groups is 10. The smallest absolute Gasteiger partial charge is 0.480 e. The molecule has 0 aromatic carbocycles. The molecule has 21 nitrogen and oxygen atoms in total. The number of rotatable bonds is 21. The van der Waals surface area contributed by atoms with Gasteiger partial charge < -0.3 is 58.5 Å². The van der Waals surface area contributed by atoms with Crippen molar-refractivity contribution in [2.45, 2.75) is 110 Å². The predicted octanol–water partition coefficient (Wildman–Crippen LogP) is -2.80. The molecule has 0 saturated carbocycles. The van der Waals surface area contributed by atoms with E-state index >= 15 is 0 Å². The molecule has 57 heavy (non-hydrogen) atoms. The van der Waals surface area contributed by atoms with Gasteiger partial charge in [0.2, 0.25) is 47.3 Å². The Morgan fingerprint density at radius 1 is 0.807 bits per heavy atom. The van der Waals surface area contributed by atoms with E-state index < -0.39 is 109 Å². The van der Waals surface area contributed by atoms with Crippen molar-refractivity contribution in [2.75, 3.05) is 26.2 Å². The van der Waals surface area contributed by atoms with E-state index in [1.54, 1.807) is 13.8 Å². The number of nitrogens with zero attached hydrogens (tertiary/aromatic N) is 1. The summed E-state index contributed by atoms with van der Waals surface area (Å²) in [5.41, 5.74) is 10.5. The largest absolute Gasteiger partial charge is 0.490 e. The van der Waals surface area contributed by atoms with E-state index in [9.17, 15) is 61.4 Å². The molecule has 0 spiro atoms. The highest BCUT2D eigenvalue weighted by atomic mass is 19.4. The number of halogens is 3. The predicted molar refractivity (Wildman–Crippen MR) is 192 cm³/mol. The molecule has 0 aromatic heterocycles. The monoisotopic (exact) mass is 825 g/mol. The lowest BCUT2D eigenvalue weighted by atomic mass is 9.98. The third-order valence-electron chi connectivity index (χ3n) is 8.36. The van der Waals surface area contributed by atoms with Crippen molar-refractivity contribution in [3.63, 3.8) is 0 Å². The zero-order chi connectivity index (χ0) is 44.2. The Morgan fingerprint density at radius 3 is 1.82 bits per heavy atom. The molecule has 8 amide bonds. The Kier molecular flexibility index (Phi) is 22.4. The molecule has 0 aromatic rings. The fourth-order valence-corrected chi connectivity index (χ4v) is 5.12. The van der Waals surface area contributed by atoms with Crippen LogP contribution in [-0.2, 0) is 47.9 Å². The molecule has 24 heteroatoms. The summed E-state index contributed by atoms with van der Waals surface area (Å²) in [5.74, 6) is -9.82. The fourth-order valence-electron chi connectivity index (χ4n) is 5.12. The van der Waals surface area contributed by atoms with Gasteiger partial charge in [-0.05, 0) is 44.4 Å². The molecular formula is C33H54F3N9O12. The number of primary amides is 1. The lowest BCUT2D eigenvalue weighted by Crippen LogP contribution is -2.57. The van der Waals surface area contributed by atoms with Gasteiger partial charge in [0.25, 0.3) is 0 Å². The third kappa shape index (κ3) is 19.7. The number of hydrogen-bond acceptors (Lipinski definition) is 11. The van der Waals surface area contributed by atoms with Crippen LogP contribution in [0, 0.1) is 11.8 Å². The summed E-state index contributed by atoms with van der Waals surface area (Å²) in [6.07, 6.45) is -3.84. The molecule has 1 aliphatic heterocycles. The maximum absolute atomic E-state index is 13.1. The number of carboxylic acids is 2. The lowest BCUT2D eigenvalue weighted by Gasteiger charge is -2.27. The van der Waals surface area contributed by atoms with E-state index in [-0.39, 0.29) is 37.6 Å². The summed E-state index contributed by atoms with van der Waals surface area (Å²) in [7, 11) is 0. The Labute approximate surface area is 326 Å².